The first-order valence-electron chi connectivity index (χ1n) is 5.17. The molecule has 0 heterocycles. The molecule has 13 heavy (non-hydrogen) atoms. The molecule has 2 nitrogen and oxygen atoms in total. The van der Waals surface area contributed by atoms with Gasteiger partial charge in [-0.25, -0.2) is 0 Å². The Kier molecular flexibility index (Phi) is 5.57. The quantitative estimate of drug-likeness (QED) is 0.714. The third kappa shape index (κ3) is 4.10. The van der Waals surface area contributed by atoms with Crippen molar-refractivity contribution in [2.45, 2.75) is 52.7 Å². The van der Waals surface area contributed by atoms with Gasteiger partial charge < -0.3 is 10.1 Å². The Hall–Kier alpha value is -0.0800. The standard InChI is InChI=1S/C11H25NO/c1-7-8-9(13-6)10(12-5)11(2,3)4/h9-10,12H,7-8H2,1-6H3. The molecule has 0 rings (SSSR count). The van der Waals surface area contributed by atoms with Crippen LogP contribution in [0.2, 0.25) is 0 Å². The summed E-state index contributed by atoms with van der Waals surface area (Å²) in [6, 6.07) is 0.428. The molecule has 0 aromatic heterocycles. The van der Waals surface area contributed by atoms with Crippen molar-refractivity contribution in [3.8, 4) is 0 Å². The lowest BCUT2D eigenvalue weighted by molar-refractivity contribution is 0.0260. The monoisotopic (exact) mass is 187 g/mol. The van der Waals surface area contributed by atoms with Gasteiger partial charge >= 0.3 is 0 Å². The van der Waals surface area contributed by atoms with E-state index in [1.54, 1.807) is 7.11 Å². The third-order valence-corrected chi connectivity index (χ3v) is 2.49. The molecular formula is C11H25NO. The maximum absolute atomic E-state index is 5.51. The number of hydrogen-bond acceptors (Lipinski definition) is 2. The highest BCUT2D eigenvalue weighted by Gasteiger charge is 2.30. The van der Waals surface area contributed by atoms with Gasteiger partial charge in [0.15, 0.2) is 0 Å². The minimum absolute atomic E-state index is 0.255. The van der Waals surface area contributed by atoms with Crippen LogP contribution in [-0.2, 0) is 4.74 Å². The summed E-state index contributed by atoms with van der Waals surface area (Å²) in [5, 5.41) is 3.35. The number of methoxy groups -OCH3 is 1. The highest BCUT2D eigenvalue weighted by molar-refractivity contribution is 4.86. The van der Waals surface area contributed by atoms with Gasteiger partial charge in [-0.3, -0.25) is 0 Å². The summed E-state index contributed by atoms with van der Waals surface area (Å²) in [7, 11) is 3.81. The number of hydrogen-bond donors (Lipinski definition) is 1. The van der Waals surface area contributed by atoms with Crippen LogP contribution in [0.1, 0.15) is 40.5 Å². The van der Waals surface area contributed by atoms with Gasteiger partial charge in [0.2, 0.25) is 0 Å². The summed E-state index contributed by atoms with van der Waals surface area (Å²) in [5.74, 6) is 0. The Labute approximate surface area is 83.1 Å². The molecule has 0 spiro atoms. The highest BCUT2D eigenvalue weighted by atomic mass is 16.5. The van der Waals surface area contributed by atoms with Crippen molar-refractivity contribution < 1.29 is 4.74 Å². The Morgan fingerprint density at radius 3 is 2.08 bits per heavy atom. The molecule has 80 valence electrons. The van der Waals surface area contributed by atoms with Crippen molar-refractivity contribution in [1.29, 1.82) is 0 Å². The summed E-state index contributed by atoms with van der Waals surface area (Å²) in [6.07, 6.45) is 2.63. The topological polar surface area (TPSA) is 21.3 Å². The molecule has 0 bridgehead atoms. The van der Waals surface area contributed by atoms with E-state index in [0.29, 0.717) is 12.1 Å². The SMILES string of the molecule is CCCC(OC)C(NC)C(C)(C)C. The fourth-order valence-electron chi connectivity index (χ4n) is 1.88. The van der Waals surface area contributed by atoms with E-state index in [0.717, 1.165) is 6.42 Å². The van der Waals surface area contributed by atoms with E-state index in [-0.39, 0.29) is 5.41 Å². The number of likely N-dealkylation sites (N-methyl/N-ethyl adjacent to an activating group) is 1. The lowest BCUT2D eigenvalue weighted by atomic mass is 9.82. The van der Waals surface area contributed by atoms with Crippen LogP contribution in [0.5, 0.6) is 0 Å². The number of nitrogens with one attached hydrogen (secondary N) is 1. The van der Waals surface area contributed by atoms with Gasteiger partial charge in [-0.05, 0) is 18.9 Å². The molecule has 0 aromatic carbocycles. The molecular weight excluding hydrogens is 162 g/mol. The second-order valence-corrected chi connectivity index (χ2v) is 4.70. The molecule has 0 aliphatic rings. The van der Waals surface area contributed by atoms with E-state index in [4.69, 9.17) is 4.74 Å². The maximum Gasteiger partial charge on any atom is 0.0729 e. The first-order chi connectivity index (χ1) is 5.97. The Morgan fingerprint density at radius 1 is 1.31 bits per heavy atom. The minimum atomic E-state index is 0.255. The Morgan fingerprint density at radius 2 is 1.85 bits per heavy atom. The molecule has 2 atom stereocenters. The average Bonchev–Trinajstić information content (AvgIpc) is 2.01. The van der Waals surface area contributed by atoms with E-state index < -0.39 is 0 Å². The van der Waals surface area contributed by atoms with E-state index in [1.807, 2.05) is 7.05 Å². The molecule has 0 aromatic rings. The van der Waals surface area contributed by atoms with Gasteiger partial charge in [-0.2, -0.15) is 0 Å². The molecule has 0 radical (unpaired) electrons. The smallest absolute Gasteiger partial charge is 0.0729 e. The number of ether oxygens (including phenoxy) is 1. The maximum atomic E-state index is 5.51. The molecule has 0 fully saturated rings. The zero-order valence-electron chi connectivity index (χ0n) is 9.98. The van der Waals surface area contributed by atoms with Crippen molar-refractivity contribution in [2.24, 2.45) is 5.41 Å². The molecule has 0 saturated carbocycles. The summed E-state index contributed by atoms with van der Waals surface area (Å²) in [5.41, 5.74) is 0.255. The van der Waals surface area contributed by atoms with E-state index in [9.17, 15) is 0 Å². The summed E-state index contributed by atoms with van der Waals surface area (Å²) < 4.78 is 5.51. The van der Waals surface area contributed by atoms with Crippen LogP contribution >= 0.6 is 0 Å². The molecule has 2 heteroatoms. The minimum Gasteiger partial charge on any atom is -0.380 e. The predicted octanol–water partition coefficient (Wildman–Crippen LogP) is 2.44. The molecule has 0 amide bonds. The molecule has 0 saturated heterocycles. The second kappa shape index (κ2) is 5.61. The highest BCUT2D eigenvalue weighted by Crippen LogP contribution is 2.24. The molecule has 0 aliphatic heterocycles. The van der Waals surface area contributed by atoms with E-state index in [2.05, 4.69) is 33.0 Å². The van der Waals surface area contributed by atoms with Gasteiger partial charge in [0.1, 0.15) is 0 Å². The first kappa shape index (κ1) is 12.9. The lowest BCUT2D eigenvalue weighted by Gasteiger charge is -2.36. The fourth-order valence-corrected chi connectivity index (χ4v) is 1.88. The summed E-state index contributed by atoms with van der Waals surface area (Å²) in [4.78, 5) is 0. The zero-order chi connectivity index (χ0) is 10.5. The fraction of sp³-hybridized carbons (Fsp3) is 1.00. The number of rotatable bonds is 5. The zero-order valence-corrected chi connectivity index (χ0v) is 9.98. The van der Waals surface area contributed by atoms with Crippen LogP contribution in [0.3, 0.4) is 0 Å². The van der Waals surface area contributed by atoms with Crippen molar-refractivity contribution in [1.82, 2.24) is 5.32 Å². The van der Waals surface area contributed by atoms with Crippen LogP contribution in [-0.4, -0.2) is 26.3 Å². The largest absolute Gasteiger partial charge is 0.380 e. The normalized spacial score (nSPS) is 17.1. The third-order valence-electron chi connectivity index (χ3n) is 2.49. The van der Waals surface area contributed by atoms with Gasteiger partial charge in [0, 0.05) is 13.2 Å². The van der Waals surface area contributed by atoms with E-state index in [1.165, 1.54) is 6.42 Å². The van der Waals surface area contributed by atoms with Crippen molar-refractivity contribution in [3.63, 3.8) is 0 Å². The Bertz CT molecular complexity index is 129. The van der Waals surface area contributed by atoms with Gasteiger partial charge in [-0.15, -0.1) is 0 Å². The second-order valence-electron chi connectivity index (χ2n) is 4.70. The van der Waals surface area contributed by atoms with Crippen LogP contribution in [0.4, 0.5) is 0 Å². The van der Waals surface area contributed by atoms with Gasteiger partial charge in [-0.1, -0.05) is 34.1 Å². The Balaban J connectivity index is 4.34. The van der Waals surface area contributed by atoms with Crippen molar-refractivity contribution in [3.05, 3.63) is 0 Å². The molecule has 0 aliphatic carbocycles. The lowest BCUT2D eigenvalue weighted by Crippen LogP contribution is -2.48. The predicted molar refractivity (Wildman–Crippen MR) is 58.0 cm³/mol. The first-order valence-corrected chi connectivity index (χ1v) is 5.17. The van der Waals surface area contributed by atoms with Crippen molar-refractivity contribution in [2.75, 3.05) is 14.2 Å². The summed E-state index contributed by atoms with van der Waals surface area (Å²) in [6.45, 7) is 8.93. The van der Waals surface area contributed by atoms with Gasteiger partial charge in [0.25, 0.3) is 0 Å². The van der Waals surface area contributed by atoms with Gasteiger partial charge in [0.05, 0.1) is 6.10 Å². The van der Waals surface area contributed by atoms with Crippen LogP contribution in [0.25, 0.3) is 0 Å². The summed E-state index contributed by atoms with van der Waals surface area (Å²) >= 11 is 0. The molecule has 2 unspecified atom stereocenters. The molecule has 1 N–H and O–H groups in total. The van der Waals surface area contributed by atoms with Crippen LogP contribution in [0, 0.1) is 5.41 Å². The van der Waals surface area contributed by atoms with E-state index >= 15 is 0 Å². The van der Waals surface area contributed by atoms with Crippen LogP contribution in [0.15, 0.2) is 0 Å². The average molecular weight is 187 g/mol. The van der Waals surface area contributed by atoms with Crippen molar-refractivity contribution >= 4 is 0 Å². The van der Waals surface area contributed by atoms with Crippen LogP contribution < -0.4 is 5.32 Å².